The summed E-state index contributed by atoms with van der Waals surface area (Å²) >= 11 is 0. The largest absolute Gasteiger partial charge is 0.417 e. The number of alkyl halides is 3. The monoisotopic (exact) mass is 186 g/mol. The lowest BCUT2D eigenvalue weighted by atomic mass is 10.1. The second kappa shape index (κ2) is 3.05. The van der Waals surface area contributed by atoms with Crippen molar-refractivity contribution in [2.24, 2.45) is 0 Å². The second-order valence-corrected chi connectivity index (χ2v) is 2.50. The Hall–Kier alpha value is -1.57. The van der Waals surface area contributed by atoms with Crippen LogP contribution < -0.4 is 0 Å². The van der Waals surface area contributed by atoms with Crippen LogP contribution in [0.25, 0.3) is 0 Å². The van der Waals surface area contributed by atoms with Gasteiger partial charge in [-0.2, -0.15) is 18.4 Å². The van der Waals surface area contributed by atoms with Crippen LogP contribution in [0.1, 0.15) is 16.8 Å². The average Bonchev–Trinajstić information content (AvgIpc) is 2.02. The Morgan fingerprint density at radius 1 is 1.46 bits per heavy atom. The van der Waals surface area contributed by atoms with Gasteiger partial charge >= 0.3 is 6.18 Å². The number of halogens is 3. The van der Waals surface area contributed by atoms with Crippen molar-refractivity contribution in [2.45, 2.75) is 13.1 Å². The van der Waals surface area contributed by atoms with Gasteiger partial charge in [0.05, 0.1) is 5.56 Å². The molecular formula is C8H5F3N2. The third kappa shape index (κ3) is 1.96. The maximum atomic E-state index is 12.1. The van der Waals surface area contributed by atoms with Crippen LogP contribution in [0.15, 0.2) is 12.3 Å². The van der Waals surface area contributed by atoms with Crippen LogP contribution in [0, 0.1) is 18.3 Å². The van der Waals surface area contributed by atoms with Gasteiger partial charge in [0.2, 0.25) is 0 Å². The van der Waals surface area contributed by atoms with Gasteiger partial charge in [0.25, 0.3) is 0 Å². The molecule has 0 unspecified atom stereocenters. The molecule has 0 spiro atoms. The lowest BCUT2D eigenvalue weighted by Gasteiger charge is -2.06. The predicted molar refractivity (Wildman–Crippen MR) is 38.7 cm³/mol. The summed E-state index contributed by atoms with van der Waals surface area (Å²) < 4.78 is 36.2. The van der Waals surface area contributed by atoms with Crippen molar-refractivity contribution in [2.75, 3.05) is 0 Å². The highest BCUT2D eigenvalue weighted by atomic mass is 19.4. The summed E-state index contributed by atoms with van der Waals surface area (Å²) in [6.07, 6.45) is -3.74. The van der Waals surface area contributed by atoms with E-state index in [0.717, 1.165) is 6.07 Å². The molecule has 0 aromatic carbocycles. The Morgan fingerprint density at radius 3 is 2.46 bits per heavy atom. The first-order valence-electron chi connectivity index (χ1n) is 3.39. The van der Waals surface area contributed by atoms with E-state index in [4.69, 9.17) is 5.26 Å². The zero-order chi connectivity index (χ0) is 10.1. The van der Waals surface area contributed by atoms with Gasteiger partial charge in [-0.1, -0.05) is 0 Å². The Kier molecular flexibility index (Phi) is 2.24. The molecular weight excluding hydrogens is 181 g/mol. The van der Waals surface area contributed by atoms with Crippen LogP contribution in [-0.2, 0) is 6.18 Å². The smallest absolute Gasteiger partial charge is 0.245 e. The van der Waals surface area contributed by atoms with Crippen molar-refractivity contribution < 1.29 is 13.2 Å². The van der Waals surface area contributed by atoms with Gasteiger partial charge in [-0.05, 0) is 18.6 Å². The molecule has 0 saturated carbocycles. The molecule has 5 heteroatoms. The Bertz CT molecular complexity index is 363. The number of aryl methyl sites for hydroxylation is 1. The number of pyridine rings is 1. The van der Waals surface area contributed by atoms with Gasteiger partial charge in [0, 0.05) is 6.20 Å². The predicted octanol–water partition coefficient (Wildman–Crippen LogP) is 2.28. The quantitative estimate of drug-likeness (QED) is 0.623. The van der Waals surface area contributed by atoms with Crippen LogP contribution in [0.4, 0.5) is 13.2 Å². The van der Waals surface area contributed by atoms with E-state index in [-0.39, 0.29) is 11.3 Å². The summed E-state index contributed by atoms with van der Waals surface area (Å²) in [6, 6.07) is 2.60. The molecule has 0 atom stereocenters. The molecule has 13 heavy (non-hydrogen) atoms. The topological polar surface area (TPSA) is 36.7 Å². The Labute approximate surface area is 72.6 Å². The van der Waals surface area contributed by atoms with Gasteiger partial charge < -0.3 is 0 Å². The number of hydrogen-bond acceptors (Lipinski definition) is 2. The van der Waals surface area contributed by atoms with Gasteiger partial charge in [-0.3, -0.25) is 0 Å². The molecule has 0 aliphatic carbocycles. The van der Waals surface area contributed by atoms with Crippen LogP contribution in [0.2, 0.25) is 0 Å². The minimum atomic E-state index is -4.40. The molecule has 0 aliphatic heterocycles. The molecule has 0 N–H and O–H groups in total. The average molecular weight is 186 g/mol. The van der Waals surface area contributed by atoms with Crippen LogP contribution in [0.3, 0.4) is 0 Å². The van der Waals surface area contributed by atoms with E-state index < -0.39 is 11.7 Å². The van der Waals surface area contributed by atoms with Crippen LogP contribution in [-0.4, -0.2) is 4.98 Å². The van der Waals surface area contributed by atoms with Crippen molar-refractivity contribution in [1.29, 1.82) is 5.26 Å². The molecule has 1 aromatic heterocycles. The normalized spacial score (nSPS) is 11.0. The van der Waals surface area contributed by atoms with E-state index in [1.54, 1.807) is 6.07 Å². The van der Waals surface area contributed by atoms with Gasteiger partial charge in [0.15, 0.2) is 0 Å². The van der Waals surface area contributed by atoms with E-state index in [0.29, 0.717) is 6.20 Å². The highest BCUT2D eigenvalue weighted by molar-refractivity contribution is 5.33. The second-order valence-electron chi connectivity index (χ2n) is 2.50. The number of rotatable bonds is 0. The van der Waals surface area contributed by atoms with Crippen molar-refractivity contribution in [3.63, 3.8) is 0 Å². The van der Waals surface area contributed by atoms with Crippen molar-refractivity contribution >= 4 is 0 Å². The van der Waals surface area contributed by atoms with E-state index in [9.17, 15) is 13.2 Å². The third-order valence-electron chi connectivity index (χ3n) is 1.51. The van der Waals surface area contributed by atoms with Crippen molar-refractivity contribution in [1.82, 2.24) is 4.98 Å². The molecule has 0 bridgehead atoms. The van der Waals surface area contributed by atoms with Crippen molar-refractivity contribution in [3.8, 4) is 6.07 Å². The summed E-state index contributed by atoms with van der Waals surface area (Å²) in [4.78, 5) is 3.38. The third-order valence-corrected chi connectivity index (χ3v) is 1.51. The highest BCUT2D eigenvalue weighted by Gasteiger charge is 2.31. The van der Waals surface area contributed by atoms with Gasteiger partial charge in [-0.25, -0.2) is 4.98 Å². The lowest BCUT2D eigenvalue weighted by molar-refractivity contribution is -0.137. The molecule has 2 nitrogen and oxygen atoms in total. The number of nitriles is 1. The fourth-order valence-electron chi connectivity index (χ4n) is 0.847. The molecule has 1 aromatic rings. The SMILES string of the molecule is Cc1cc(C(F)(F)F)cnc1C#N. The molecule has 1 rings (SSSR count). The van der Waals surface area contributed by atoms with Crippen molar-refractivity contribution in [3.05, 3.63) is 29.1 Å². The van der Waals surface area contributed by atoms with E-state index in [1.807, 2.05) is 0 Å². The maximum absolute atomic E-state index is 12.1. The molecule has 0 amide bonds. The zero-order valence-electron chi connectivity index (χ0n) is 6.68. The first-order valence-corrected chi connectivity index (χ1v) is 3.39. The molecule has 0 fully saturated rings. The van der Waals surface area contributed by atoms with E-state index in [2.05, 4.69) is 4.98 Å². The minimum absolute atomic E-state index is 0.0213. The number of hydrogen-bond donors (Lipinski definition) is 0. The summed E-state index contributed by atoms with van der Waals surface area (Å²) in [5, 5.41) is 8.42. The molecule has 0 radical (unpaired) electrons. The molecule has 68 valence electrons. The van der Waals surface area contributed by atoms with Crippen LogP contribution >= 0.6 is 0 Å². The lowest BCUT2D eigenvalue weighted by Crippen LogP contribution is -2.06. The fraction of sp³-hybridized carbons (Fsp3) is 0.250. The zero-order valence-corrected chi connectivity index (χ0v) is 6.68. The summed E-state index contributed by atoms with van der Waals surface area (Å²) in [5.41, 5.74) is -0.575. The Morgan fingerprint density at radius 2 is 2.08 bits per heavy atom. The number of nitrogens with zero attached hydrogens (tertiary/aromatic N) is 2. The molecule has 1 heterocycles. The summed E-state index contributed by atoms with van der Waals surface area (Å²) in [7, 11) is 0. The van der Waals surface area contributed by atoms with Gasteiger partial charge in [-0.15, -0.1) is 0 Å². The minimum Gasteiger partial charge on any atom is -0.245 e. The first kappa shape index (κ1) is 9.52. The summed E-state index contributed by atoms with van der Waals surface area (Å²) in [5.74, 6) is 0. The molecule has 0 saturated heterocycles. The standard InChI is InChI=1S/C8H5F3N2/c1-5-2-6(8(9,10)11)4-13-7(5)3-12/h2,4H,1H3. The summed E-state index contributed by atoms with van der Waals surface area (Å²) in [6.45, 7) is 1.42. The maximum Gasteiger partial charge on any atom is 0.417 e. The van der Waals surface area contributed by atoms with Gasteiger partial charge in [0.1, 0.15) is 11.8 Å². The highest BCUT2D eigenvalue weighted by Crippen LogP contribution is 2.29. The number of aromatic nitrogens is 1. The molecule has 0 aliphatic rings. The fourth-order valence-corrected chi connectivity index (χ4v) is 0.847. The van der Waals surface area contributed by atoms with E-state index in [1.165, 1.54) is 6.92 Å². The first-order chi connectivity index (χ1) is 5.95. The van der Waals surface area contributed by atoms with E-state index >= 15 is 0 Å². The van der Waals surface area contributed by atoms with Crippen LogP contribution in [0.5, 0.6) is 0 Å². The Balaban J connectivity index is 3.20.